The van der Waals surface area contributed by atoms with Gasteiger partial charge in [-0.2, -0.15) is 0 Å². The highest BCUT2D eigenvalue weighted by molar-refractivity contribution is 8.00. The SMILES string of the molecule is CN1c2ccccc2Sc2cc(C3(C4(c5ccc6c(c5)Sc5ccccc5N6C)C(=O)c5ccc(Cl)cc5C4=O)C(=O)c4ccc(Cl)cc4C3=O)ccc21. The van der Waals surface area contributed by atoms with Crippen LogP contribution in [-0.2, 0) is 10.8 Å². The van der Waals surface area contributed by atoms with Crippen molar-refractivity contribution < 1.29 is 19.2 Å². The average Bonchev–Trinajstić information content (AvgIpc) is 3.53. The van der Waals surface area contributed by atoms with E-state index in [-0.39, 0.29) is 43.4 Å². The Balaban J connectivity index is 1.30. The van der Waals surface area contributed by atoms with Gasteiger partial charge in [0.05, 0.1) is 22.7 Å². The number of benzene rings is 6. The number of halogens is 2. The fourth-order valence-corrected chi connectivity index (χ4v) is 11.5. The number of carbonyl (C=O) groups is 4. The number of hydrogen-bond donors (Lipinski definition) is 0. The van der Waals surface area contributed by atoms with Gasteiger partial charge in [-0.1, -0.05) is 83.1 Å². The highest BCUT2D eigenvalue weighted by Crippen LogP contribution is 2.61. The molecule has 0 amide bonds. The molecule has 10 rings (SSSR count). The van der Waals surface area contributed by atoms with E-state index in [2.05, 4.69) is 9.80 Å². The molecule has 2 unspecified atom stereocenters. The van der Waals surface area contributed by atoms with Crippen molar-refractivity contribution in [2.24, 2.45) is 0 Å². The lowest BCUT2D eigenvalue weighted by molar-refractivity contribution is 0.0557. The summed E-state index contributed by atoms with van der Waals surface area (Å²) in [5, 5.41) is 0.509. The maximum absolute atomic E-state index is 15.7. The van der Waals surface area contributed by atoms with Gasteiger partial charge in [-0.3, -0.25) is 19.2 Å². The summed E-state index contributed by atoms with van der Waals surface area (Å²) < 4.78 is 0. The summed E-state index contributed by atoms with van der Waals surface area (Å²) >= 11 is 16.0. The van der Waals surface area contributed by atoms with Gasteiger partial charge in [0.25, 0.3) is 0 Å². The number of fused-ring (bicyclic) bond motifs is 6. The first kappa shape index (κ1) is 33.4. The number of anilines is 4. The first-order valence-corrected chi connectivity index (χ1v) is 19.5. The Morgan fingerprint density at radius 3 is 1.22 bits per heavy atom. The van der Waals surface area contributed by atoms with Gasteiger partial charge >= 0.3 is 0 Å². The van der Waals surface area contributed by atoms with Gasteiger partial charge in [0.2, 0.25) is 0 Å². The Kier molecular flexibility index (Phi) is 7.24. The molecule has 54 heavy (non-hydrogen) atoms. The largest absolute Gasteiger partial charge is 0.343 e. The Morgan fingerprint density at radius 2 is 0.796 bits per heavy atom. The van der Waals surface area contributed by atoms with E-state index in [1.807, 2.05) is 86.9 Å². The Bertz CT molecular complexity index is 2560. The summed E-state index contributed by atoms with van der Waals surface area (Å²) in [7, 11) is 3.92. The van der Waals surface area contributed by atoms with Gasteiger partial charge in [0.1, 0.15) is 10.8 Å². The summed E-state index contributed by atoms with van der Waals surface area (Å²) in [6, 6.07) is 35.8. The van der Waals surface area contributed by atoms with E-state index in [0.29, 0.717) is 0 Å². The van der Waals surface area contributed by atoms with Crippen molar-refractivity contribution in [2.45, 2.75) is 30.4 Å². The monoisotopic (exact) mass is 780 g/mol. The van der Waals surface area contributed by atoms with Crippen LogP contribution in [-0.4, -0.2) is 37.2 Å². The van der Waals surface area contributed by atoms with Crippen molar-refractivity contribution in [3.8, 4) is 0 Å². The van der Waals surface area contributed by atoms with Crippen LogP contribution in [0.25, 0.3) is 0 Å². The maximum Gasteiger partial charge on any atom is 0.183 e. The number of carbonyl (C=O) groups excluding carboxylic acids is 4. The van der Waals surface area contributed by atoms with Crippen molar-refractivity contribution in [3.05, 3.63) is 165 Å². The molecule has 0 saturated heterocycles. The number of Topliss-reactive ketones (excluding diaryl/α,β-unsaturated/α-hetero) is 4. The predicted octanol–water partition coefficient (Wildman–Crippen LogP) is 10.8. The Labute approximate surface area is 329 Å². The molecule has 0 radical (unpaired) electrons. The topological polar surface area (TPSA) is 74.8 Å². The van der Waals surface area contributed by atoms with Crippen LogP contribution in [0.1, 0.15) is 52.6 Å². The molecular weight excluding hydrogens is 756 g/mol. The van der Waals surface area contributed by atoms with Crippen molar-refractivity contribution in [1.82, 2.24) is 0 Å². The molecule has 4 aliphatic rings. The van der Waals surface area contributed by atoms with Crippen LogP contribution in [0.4, 0.5) is 22.7 Å². The Hall–Kier alpha value is -5.12. The third kappa shape index (κ3) is 4.17. The van der Waals surface area contributed by atoms with Crippen molar-refractivity contribution in [2.75, 3.05) is 23.9 Å². The molecule has 6 aromatic carbocycles. The maximum atomic E-state index is 15.7. The van der Waals surface area contributed by atoms with E-state index in [4.69, 9.17) is 23.2 Å². The van der Waals surface area contributed by atoms with E-state index < -0.39 is 34.0 Å². The highest BCUT2D eigenvalue weighted by atomic mass is 35.5. The lowest BCUT2D eigenvalue weighted by Crippen LogP contribution is -2.62. The minimum absolute atomic E-state index is 0.0651. The molecular formula is C44H26Cl2N2O4S2. The lowest BCUT2D eigenvalue weighted by Gasteiger charge is -2.43. The molecule has 0 spiro atoms. The van der Waals surface area contributed by atoms with Crippen molar-refractivity contribution >= 4 is 92.6 Å². The van der Waals surface area contributed by atoms with E-state index in [0.717, 1.165) is 42.3 Å². The van der Waals surface area contributed by atoms with Crippen molar-refractivity contribution in [1.29, 1.82) is 0 Å². The van der Waals surface area contributed by atoms with Gasteiger partial charge in [0.15, 0.2) is 23.1 Å². The Morgan fingerprint density at radius 1 is 0.426 bits per heavy atom. The molecule has 2 aliphatic carbocycles. The summed E-state index contributed by atoms with van der Waals surface area (Å²) in [6.07, 6.45) is 0. The van der Waals surface area contributed by atoms with Gasteiger partial charge < -0.3 is 9.80 Å². The molecule has 10 heteroatoms. The molecule has 0 aromatic heterocycles. The fourth-order valence-electron chi connectivity index (χ4n) is 8.81. The second-order valence-electron chi connectivity index (χ2n) is 13.8. The standard InChI is InChI=1S/C44H26Cl2N2O4S2/c1-47-31-7-3-5-9-35(31)53-37-19-23(11-17-33(37)47)43(39(49)27-15-13-25(45)21-29(27)41(43)51)44(40(50)28-16-14-26(46)22-30(28)42(44)52)24-12-18-34-38(20-24)54-36-10-6-4-8-32(36)48(34)2/h3-22H,1-2H3. The third-order valence-corrected chi connectivity index (χ3v) is 14.0. The van der Waals surface area contributed by atoms with E-state index in [1.54, 1.807) is 24.3 Å². The van der Waals surface area contributed by atoms with Crippen LogP contribution in [0.2, 0.25) is 10.0 Å². The molecule has 0 fully saturated rings. The summed E-state index contributed by atoms with van der Waals surface area (Å²) in [5.74, 6) is -2.59. The number of hydrogen-bond acceptors (Lipinski definition) is 8. The van der Waals surface area contributed by atoms with Crippen LogP contribution < -0.4 is 9.80 Å². The molecule has 0 N–H and O–H groups in total. The lowest BCUT2D eigenvalue weighted by atomic mass is 9.52. The molecule has 262 valence electrons. The molecule has 2 aliphatic heterocycles. The predicted molar refractivity (Wildman–Crippen MR) is 214 cm³/mol. The number of para-hydroxylation sites is 2. The zero-order valence-electron chi connectivity index (χ0n) is 28.6. The molecule has 6 aromatic rings. The smallest absolute Gasteiger partial charge is 0.183 e. The summed E-state index contributed by atoms with van der Waals surface area (Å²) in [5.41, 5.74) is -0.123. The quantitative estimate of drug-likeness (QED) is 0.164. The van der Waals surface area contributed by atoms with Crippen LogP contribution >= 0.6 is 46.7 Å². The molecule has 0 bridgehead atoms. The first-order valence-electron chi connectivity index (χ1n) is 17.2. The molecule has 2 heterocycles. The molecule has 2 atom stereocenters. The zero-order chi connectivity index (χ0) is 37.3. The zero-order valence-corrected chi connectivity index (χ0v) is 31.8. The van der Waals surface area contributed by atoms with E-state index in [1.165, 1.54) is 47.8 Å². The average molecular weight is 782 g/mol. The van der Waals surface area contributed by atoms with E-state index in [9.17, 15) is 0 Å². The van der Waals surface area contributed by atoms with Crippen LogP contribution in [0.3, 0.4) is 0 Å². The number of rotatable bonds is 3. The van der Waals surface area contributed by atoms with Crippen molar-refractivity contribution in [3.63, 3.8) is 0 Å². The molecule has 0 saturated carbocycles. The van der Waals surface area contributed by atoms with E-state index >= 15 is 19.2 Å². The first-order chi connectivity index (χ1) is 26.1. The van der Waals surface area contributed by atoms with Gasteiger partial charge in [0, 0.05) is 66.0 Å². The summed E-state index contributed by atoms with van der Waals surface area (Å²) in [4.78, 5) is 70.2. The molecule has 6 nitrogen and oxygen atoms in total. The van der Waals surface area contributed by atoms with Crippen LogP contribution in [0.15, 0.2) is 141 Å². The number of nitrogens with zero attached hydrogens (tertiary/aromatic N) is 2. The fraction of sp³-hybridized carbons (Fsp3) is 0.0909. The highest BCUT2D eigenvalue weighted by Gasteiger charge is 2.75. The third-order valence-electron chi connectivity index (χ3n) is 11.3. The van der Waals surface area contributed by atoms with Crippen LogP contribution in [0.5, 0.6) is 0 Å². The number of ketones is 4. The normalized spacial score (nSPS) is 20.7. The second-order valence-corrected chi connectivity index (χ2v) is 16.9. The van der Waals surface area contributed by atoms with Gasteiger partial charge in [-0.05, 0) is 96.1 Å². The van der Waals surface area contributed by atoms with Gasteiger partial charge in [-0.15, -0.1) is 0 Å². The second kappa shape index (κ2) is 11.7. The minimum Gasteiger partial charge on any atom is -0.343 e. The minimum atomic E-state index is -2.35. The summed E-state index contributed by atoms with van der Waals surface area (Å²) in [6.45, 7) is 0. The van der Waals surface area contributed by atoms with Crippen LogP contribution in [0, 0.1) is 0 Å². The van der Waals surface area contributed by atoms with Gasteiger partial charge in [-0.25, -0.2) is 0 Å².